The molecule has 0 radical (unpaired) electrons. The number of carboxylic acid groups (broad SMARTS) is 1. The fraction of sp³-hybridized carbons (Fsp3) is 0.846. The Labute approximate surface area is 111 Å². The minimum atomic E-state index is -2.68. The highest BCUT2D eigenvalue weighted by Crippen LogP contribution is 2.36. The van der Waals surface area contributed by atoms with E-state index in [4.69, 9.17) is 5.11 Å². The van der Waals surface area contributed by atoms with E-state index in [1.54, 1.807) is 0 Å². The molecule has 110 valence electrons. The molecule has 0 saturated heterocycles. The van der Waals surface area contributed by atoms with E-state index in [0.717, 1.165) is 0 Å². The van der Waals surface area contributed by atoms with Crippen molar-refractivity contribution in [2.75, 3.05) is 0 Å². The summed E-state index contributed by atoms with van der Waals surface area (Å²) >= 11 is 0. The average Bonchev–Trinajstić information content (AvgIpc) is 2.27. The molecular weight excluding hydrogens is 256 g/mol. The molecule has 6 heteroatoms. The molecule has 0 aromatic carbocycles. The van der Waals surface area contributed by atoms with Crippen LogP contribution in [0.3, 0.4) is 0 Å². The van der Waals surface area contributed by atoms with Crippen LogP contribution in [0, 0.1) is 11.8 Å². The highest BCUT2D eigenvalue weighted by atomic mass is 19.3. The van der Waals surface area contributed by atoms with E-state index in [1.165, 1.54) is 0 Å². The maximum Gasteiger partial charge on any atom is 0.326 e. The van der Waals surface area contributed by atoms with Gasteiger partial charge in [0.15, 0.2) is 0 Å². The zero-order valence-electron chi connectivity index (χ0n) is 11.3. The van der Waals surface area contributed by atoms with Crippen LogP contribution in [0.1, 0.15) is 46.0 Å². The van der Waals surface area contributed by atoms with E-state index in [-0.39, 0.29) is 31.6 Å². The van der Waals surface area contributed by atoms with Crippen LogP contribution in [0.2, 0.25) is 0 Å². The van der Waals surface area contributed by atoms with E-state index >= 15 is 0 Å². The van der Waals surface area contributed by atoms with Crippen molar-refractivity contribution in [2.45, 2.75) is 57.9 Å². The van der Waals surface area contributed by atoms with Gasteiger partial charge in [0.25, 0.3) is 0 Å². The number of alkyl halides is 2. The molecule has 0 aromatic heterocycles. The van der Waals surface area contributed by atoms with Gasteiger partial charge in [0.05, 0.1) is 0 Å². The largest absolute Gasteiger partial charge is 0.480 e. The topological polar surface area (TPSA) is 66.4 Å². The lowest BCUT2D eigenvalue weighted by molar-refractivity contribution is -0.143. The molecule has 4 nitrogen and oxygen atoms in total. The Balaban J connectivity index is 2.51. The Morgan fingerprint density at radius 1 is 1.32 bits per heavy atom. The van der Waals surface area contributed by atoms with E-state index in [1.807, 2.05) is 13.8 Å². The van der Waals surface area contributed by atoms with Crippen LogP contribution >= 0.6 is 0 Å². The van der Waals surface area contributed by atoms with Crippen molar-refractivity contribution < 1.29 is 23.5 Å². The third kappa shape index (κ3) is 5.12. The van der Waals surface area contributed by atoms with Gasteiger partial charge in [-0.25, -0.2) is 13.6 Å². The maximum atomic E-state index is 13.0. The van der Waals surface area contributed by atoms with Gasteiger partial charge in [-0.2, -0.15) is 0 Å². The third-order valence-electron chi connectivity index (χ3n) is 3.41. The van der Waals surface area contributed by atoms with E-state index < -0.39 is 29.8 Å². The summed E-state index contributed by atoms with van der Waals surface area (Å²) in [5.74, 6) is -4.53. The molecule has 1 saturated carbocycles. The number of amides is 1. The van der Waals surface area contributed by atoms with Crippen LogP contribution in [0.25, 0.3) is 0 Å². The van der Waals surface area contributed by atoms with Crippen molar-refractivity contribution in [3.8, 4) is 0 Å². The zero-order valence-corrected chi connectivity index (χ0v) is 11.3. The smallest absolute Gasteiger partial charge is 0.326 e. The Bertz CT molecular complexity index is 335. The molecule has 0 bridgehead atoms. The average molecular weight is 277 g/mol. The summed E-state index contributed by atoms with van der Waals surface area (Å²) < 4.78 is 26.0. The Morgan fingerprint density at radius 2 is 1.84 bits per heavy atom. The third-order valence-corrected chi connectivity index (χ3v) is 3.41. The maximum absolute atomic E-state index is 13.0. The Morgan fingerprint density at radius 3 is 2.26 bits per heavy atom. The molecule has 1 atom stereocenters. The zero-order chi connectivity index (χ0) is 14.6. The first-order valence-corrected chi connectivity index (χ1v) is 6.62. The Kier molecular flexibility index (Phi) is 5.26. The number of nitrogens with one attached hydrogen (secondary N) is 1. The number of hydrogen-bond donors (Lipinski definition) is 2. The number of carbonyl (C=O) groups excluding carboxylic acids is 1. The van der Waals surface area contributed by atoms with Crippen LogP contribution in [0.5, 0.6) is 0 Å². The molecule has 0 aliphatic heterocycles. The summed E-state index contributed by atoms with van der Waals surface area (Å²) in [5, 5.41) is 11.5. The van der Waals surface area contributed by atoms with Crippen molar-refractivity contribution >= 4 is 11.9 Å². The lowest BCUT2D eigenvalue weighted by Gasteiger charge is -2.28. The lowest BCUT2D eigenvalue weighted by atomic mass is 9.86. The Hall–Kier alpha value is -1.20. The van der Waals surface area contributed by atoms with Crippen molar-refractivity contribution in [3.05, 3.63) is 0 Å². The molecule has 0 unspecified atom stereocenters. The molecule has 1 fully saturated rings. The van der Waals surface area contributed by atoms with E-state index in [0.29, 0.717) is 6.42 Å². The number of hydrogen-bond acceptors (Lipinski definition) is 2. The van der Waals surface area contributed by atoms with Gasteiger partial charge in [0, 0.05) is 18.8 Å². The van der Waals surface area contributed by atoms with E-state index in [9.17, 15) is 18.4 Å². The number of halogens is 2. The van der Waals surface area contributed by atoms with Gasteiger partial charge in [0.1, 0.15) is 6.04 Å². The van der Waals surface area contributed by atoms with Crippen molar-refractivity contribution in [2.24, 2.45) is 11.8 Å². The molecule has 1 aliphatic carbocycles. The first kappa shape index (κ1) is 15.9. The quantitative estimate of drug-likeness (QED) is 0.811. The SMILES string of the molecule is CC(C)C[C@@H](NC(=O)C1CCC(F)(F)CC1)C(=O)O. The summed E-state index contributed by atoms with van der Waals surface area (Å²) in [6, 6.07) is -0.935. The predicted molar refractivity (Wildman–Crippen MR) is 65.9 cm³/mol. The summed E-state index contributed by atoms with van der Waals surface area (Å²) in [6.45, 7) is 3.73. The minimum Gasteiger partial charge on any atom is -0.480 e. The van der Waals surface area contributed by atoms with Crippen molar-refractivity contribution in [1.82, 2.24) is 5.32 Å². The van der Waals surface area contributed by atoms with Crippen LogP contribution in [-0.4, -0.2) is 28.9 Å². The summed E-state index contributed by atoms with van der Waals surface area (Å²) in [6.07, 6.45) is -0.0241. The molecule has 0 spiro atoms. The van der Waals surface area contributed by atoms with E-state index in [2.05, 4.69) is 5.32 Å². The molecule has 1 aliphatic rings. The number of carbonyl (C=O) groups is 2. The van der Waals surface area contributed by atoms with Gasteiger partial charge in [-0.05, 0) is 25.2 Å². The molecule has 0 aromatic rings. The standard InChI is InChI=1S/C13H21F2NO3/c1-8(2)7-10(12(18)19)16-11(17)9-3-5-13(14,15)6-4-9/h8-10H,3-7H2,1-2H3,(H,16,17)(H,18,19)/t10-/m1/s1. The second kappa shape index (κ2) is 6.30. The highest BCUT2D eigenvalue weighted by Gasteiger charge is 2.38. The van der Waals surface area contributed by atoms with Gasteiger partial charge < -0.3 is 10.4 Å². The monoisotopic (exact) mass is 277 g/mol. The van der Waals surface area contributed by atoms with Crippen molar-refractivity contribution in [3.63, 3.8) is 0 Å². The first-order chi connectivity index (χ1) is 8.71. The molecular formula is C13H21F2NO3. The van der Waals surface area contributed by atoms with Gasteiger partial charge in [-0.3, -0.25) is 4.79 Å². The summed E-state index contributed by atoms with van der Waals surface area (Å²) in [4.78, 5) is 22.9. The molecule has 1 rings (SSSR count). The molecule has 2 N–H and O–H groups in total. The predicted octanol–water partition coefficient (Wildman–Crippen LogP) is 2.43. The normalized spacial score (nSPS) is 21.1. The number of aliphatic carboxylic acids is 1. The molecule has 19 heavy (non-hydrogen) atoms. The lowest BCUT2D eigenvalue weighted by Crippen LogP contribution is -2.45. The van der Waals surface area contributed by atoms with Crippen LogP contribution < -0.4 is 5.32 Å². The van der Waals surface area contributed by atoms with Crippen LogP contribution in [0.15, 0.2) is 0 Å². The molecule has 0 heterocycles. The van der Waals surface area contributed by atoms with Crippen LogP contribution in [0.4, 0.5) is 8.78 Å². The van der Waals surface area contributed by atoms with Gasteiger partial charge in [-0.15, -0.1) is 0 Å². The summed E-state index contributed by atoms with van der Waals surface area (Å²) in [5.41, 5.74) is 0. The number of carboxylic acids is 1. The molecule has 1 amide bonds. The van der Waals surface area contributed by atoms with Gasteiger partial charge >= 0.3 is 5.97 Å². The fourth-order valence-electron chi connectivity index (χ4n) is 2.28. The van der Waals surface area contributed by atoms with Gasteiger partial charge in [-0.1, -0.05) is 13.8 Å². The minimum absolute atomic E-state index is 0.118. The fourth-order valence-corrected chi connectivity index (χ4v) is 2.28. The second-order valence-electron chi connectivity index (χ2n) is 5.66. The van der Waals surface area contributed by atoms with Crippen LogP contribution in [-0.2, 0) is 9.59 Å². The first-order valence-electron chi connectivity index (χ1n) is 6.62. The summed E-state index contributed by atoms with van der Waals surface area (Å²) in [7, 11) is 0. The highest BCUT2D eigenvalue weighted by molar-refractivity contribution is 5.85. The van der Waals surface area contributed by atoms with Crippen molar-refractivity contribution in [1.29, 1.82) is 0 Å². The number of rotatable bonds is 5. The second-order valence-corrected chi connectivity index (χ2v) is 5.66. The van der Waals surface area contributed by atoms with Gasteiger partial charge in [0.2, 0.25) is 11.8 Å².